The number of carbonyl (C=O) groups excluding carboxylic acids is 1. The highest BCUT2D eigenvalue weighted by atomic mass is 32.2. The van der Waals surface area contributed by atoms with Crippen LogP contribution in [0.15, 0.2) is 41.3 Å². The molecule has 1 heterocycles. The summed E-state index contributed by atoms with van der Waals surface area (Å²) in [6.07, 6.45) is 1.57. The van der Waals surface area contributed by atoms with Gasteiger partial charge in [0.25, 0.3) is 10.0 Å². The first kappa shape index (κ1) is 19.2. The summed E-state index contributed by atoms with van der Waals surface area (Å²) < 4.78 is 38.9. The quantitative estimate of drug-likeness (QED) is 0.807. The van der Waals surface area contributed by atoms with Crippen molar-refractivity contribution >= 4 is 21.7 Å². The number of fused-ring (bicyclic) bond motifs is 1. The molecule has 1 aliphatic heterocycles. The summed E-state index contributed by atoms with van der Waals surface area (Å²) in [5.41, 5.74) is 1.79. The van der Waals surface area contributed by atoms with E-state index in [2.05, 4.69) is 4.72 Å². The SMILES string of the molecule is COC(=O)c1cccc(NS(=O)(=O)c2ccc3c(c2)CCC(C)(C)O3)c1C. The van der Waals surface area contributed by atoms with Crippen LogP contribution in [0.4, 0.5) is 5.69 Å². The molecule has 0 aliphatic carbocycles. The number of anilines is 1. The molecule has 0 unspecified atom stereocenters. The standard InChI is InChI=1S/C20H23NO5S/c1-13-16(19(22)25-4)6-5-7-17(13)21-27(23,24)15-8-9-18-14(12-15)10-11-20(2,3)26-18/h5-9,12,21H,10-11H2,1-4H3. The molecule has 27 heavy (non-hydrogen) atoms. The summed E-state index contributed by atoms with van der Waals surface area (Å²) in [4.78, 5) is 12.0. The van der Waals surface area contributed by atoms with Crippen LogP contribution < -0.4 is 9.46 Å². The summed E-state index contributed by atoms with van der Waals surface area (Å²) in [5, 5.41) is 0. The van der Waals surface area contributed by atoms with Crippen LogP contribution in [-0.4, -0.2) is 27.1 Å². The van der Waals surface area contributed by atoms with Gasteiger partial charge in [0.15, 0.2) is 0 Å². The van der Waals surface area contributed by atoms with Crippen LogP contribution >= 0.6 is 0 Å². The van der Waals surface area contributed by atoms with Gasteiger partial charge in [-0.1, -0.05) is 6.07 Å². The Bertz CT molecular complexity index is 995. The van der Waals surface area contributed by atoms with Gasteiger partial charge in [-0.15, -0.1) is 0 Å². The van der Waals surface area contributed by atoms with E-state index in [4.69, 9.17) is 9.47 Å². The summed E-state index contributed by atoms with van der Waals surface area (Å²) in [5.74, 6) is 0.205. The molecule has 1 N–H and O–H groups in total. The molecule has 6 nitrogen and oxygen atoms in total. The second kappa shape index (κ2) is 6.88. The van der Waals surface area contributed by atoms with Crippen molar-refractivity contribution in [1.29, 1.82) is 0 Å². The lowest BCUT2D eigenvalue weighted by Gasteiger charge is -2.32. The van der Waals surface area contributed by atoms with Gasteiger partial charge < -0.3 is 9.47 Å². The van der Waals surface area contributed by atoms with Gasteiger partial charge in [-0.05, 0) is 75.1 Å². The Kier molecular flexibility index (Phi) is 4.90. The van der Waals surface area contributed by atoms with Gasteiger partial charge >= 0.3 is 5.97 Å². The molecule has 0 radical (unpaired) electrons. The number of hydrogen-bond donors (Lipinski definition) is 1. The summed E-state index contributed by atoms with van der Waals surface area (Å²) in [7, 11) is -2.52. The Morgan fingerprint density at radius 1 is 1.22 bits per heavy atom. The topological polar surface area (TPSA) is 81.7 Å². The number of esters is 1. The molecule has 144 valence electrons. The Morgan fingerprint density at radius 3 is 2.67 bits per heavy atom. The van der Waals surface area contributed by atoms with Gasteiger partial charge in [0.2, 0.25) is 0 Å². The third kappa shape index (κ3) is 3.93. The van der Waals surface area contributed by atoms with Crippen molar-refractivity contribution in [3.05, 3.63) is 53.1 Å². The normalized spacial score (nSPS) is 15.4. The molecular formula is C20H23NO5S. The van der Waals surface area contributed by atoms with Crippen molar-refractivity contribution in [3.8, 4) is 5.75 Å². The van der Waals surface area contributed by atoms with Gasteiger partial charge in [-0.2, -0.15) is 0 Å². The van der Waals surface area contributed by atoms with E-state index in [1.54, 1.807) is 37.3 Å². The lowest BCUT2D eigenvalue weighted by Crippen LogP contribution is -2.32. The molecule has 3 rings (SSSR count). The van der Waals surface area contributed by atoms with Crippen LogP contribution in [0.2, 0.25) is 0 Å². The number of ether oxygens (including phenoxy) is 2. The van der Waals surface area contributed by atoms with Crippen LogP contribution in [0.5, 0.6) is 5.75 Å². The molecule has 0 saturated heterocycles. The fourth-order valence-corrected chi connectivity index (χ4v) is 4.26. The van der Waals surface area contributed by atoms with Crippen LogP contribution in [0, 0.1) is 6.92 Å². The molecule has 1 aliphatic rings. The van der Waals surface area contributed by atoms with Gasteiger partial charge in [-0.25, -0.2) is 13.2 Å². The second-order valence-corrected chi connectivity index (χ2v) is 8.89. The van der Waals surface area contributed by atoms with E-state index in [0.29, 0.717) is 22.6 Å². The number of sulfonamides is 1. The molecule has 2 aromatic rings. The van der Waals surface area contributed by atoms with E-state index in [1.165, 1.54) is 13.2 Å². The first-order chi connectivity index (χ1) is 12.6. The molecule has 0 saturated carbocycles. The molecule has 0 amide bonds. The first-order valence-electron chi connectivity index (χ1n) is 8.66. The van der Waals surface area contributed by atoms with Crippen LogP contribution in [-0.2, 0) is 21.2 Å². The molecule has 0 fully saturated rings. The number of carbonyl (C=O) groups is 1. The zero-order valence-corrected chi connectivity index (χ0v) is 16.6. The van der Waals surface area contributed by atoms with Crippen molar-refractivity contribution in [3.63, 3.8) is 0 Å². The molecule has 7 heteroatoms. The fraction of sp³-hybridized carbons (Fsp3) is 0.350. The number of aryl methyl sites for hydroxylation is 1. The minimum atomic E-state index is -3.80. The second-order valence-electron chi connectivity index (χ2n) is 7.21. The first-order valence-corrected chi connectivity index (χ1v) is 10.1. The predicted molar refractivity (Wildman–Crippen MR) is 103 cm³/mol. The third-order valence-electron chi connectivity index (χ3n) is 4.71. The maximum absolute atomic E-state index is 12.8. The van der Waals surface area contributed by atoms with Gasteiger partial charge in [0.1, 0.15) is 11.4 Å². The van der Waals surface area contributed by atoms with Crippen molar-refractivity contribution in [2.24, 2.45) is 0 Å². The Balaban J connectivity index is 1.92. The molecule has 0 spiro atoms. The zero-order chi connectivity index (χ0) is 19.8. The van der Waals surface area contributed by atoms with E-state index < -0.39 is 16.0 Å². The van der Waals surface area contributed by atoms with E-state index >= 15 is 0 Å². The number of benzene rings is 2. The van der Waals surface area contributed by atoms with E-state index in [0.717, 1.165) is 18.4 Å². The van der Waals surface area contributed by atoms with Crippen molar-refractivity contribution < 1.29 is 22.7 Å². The lowest BCUT2D eigenvalue weighted by molar-refractivity contribution is 0.0600. The monoisotopic (exact) mass is 389 g/mol. The van der Waals surface area contributed by atoms with Crippen molar-refractivity contribution in [2.75, 3.05) is 11.8 Å². The Hall–Kier alpha value is -2.54. The molecule has 0 bridgehead atoms. The number of methoxy groups -OCH3 is 1. The number of hydrogen-bond acceptors (Lipinski definition) is 5. The molecule has 0 aromatic heterocycles. The van der Waals surface area contributed by atoms with Crippen molar-refractivity contribution in [2.45, 2.75) is 44.1 Å². The Labute approximate surface area is 159 Å². The number of rotatable bonds is 4. The van der Waals surface area contributed by atoms with Crippen LogP contribution in [0.3, 0.4) is 0 Å². The van der Waals surface area contributed by atoms with Crippen LogP contribution in [0.1, 0.15) is 41.8 Å². The van der Waals surface area contributed by atoms with E-state index in [9.17, 15) is 13.2 Å². The van der Waals surface area contributed by atoms with Crippen molar-refractivity contribution in [1.82, 2.24) is 0 Å². The van der Waals surface area contributed by atoms with Crippen LogP contribution in [0.25, 0.3) is 0 Å². The summed E-state index contributed by atoms with van der Waals surface area (Å²) in [6.45, 7) is 5.70. The van der Waals surface area contributed by atoms with Gasteiger partial charge in [0, 0.05) is 0 Å². The minimum absolute atomic E-state index is 0.160. The lowest BCUT2D eigenvalue weighted by atomic mass is 9.94. The third-order valence-corrected chi connectivity index (χ3v) is 6.07. The average molecular weight is 389 g/mol. The highest BCUT2D eigenvalue weighted by molar-refractivity contribution is 7.92. The smallest absolute Gasteiger partial charge is 0.338 e. The minimum Gasteiger partial charge on any atom is -0.488 e. The highest BCUT2D eigenvalue weighted by Gasteiger charge is 2.28. The molecular weight excluding hydrogens is 366 g/mol. The zero-order valence-electron chi connectivity index (χ0n) is 15.8. The largest absolute Gasteiger partial charge is 0.488 e. The fourth-order valence-electron chi connectivity index (χ4n) is 3.08. The molecule has 0 atom stereocenters. The van der Waals surface area contributed by atoms with E-state index in [1.807, 2.05) is 13.8 Å². The maximum atomic E-state index is 12.8. The summed E-state index contributed by atoms with van der Waals surface area (Å²) in [6, 6.07) is 9.69. The van der Waals surface area contributed by atoms with Gasteiger partial charge in [-0.3, -0.25) is 4.72 Å². The predicted octanol–water partition coefficient (Wildman–Crippen LogP) is 3.69. The Morgan fingerprint density at radius 2 is 1.96 bits per heavy atom. The number of nitrogens with one attached hydrogen (secondary N) is 1. The summed E-state index contributed by atoms with van der Waals surface area (Å²) >= 11 is 0. The van der Waals surface area contributed by atoms with Gasteiger partial charge in [0.05, 0.1) is 23.3 Å². The van der Waals surface area contributed by atoms with E-state index in [-0.39, 0.29) is 10.5 Å². The maximum Gasteiger partial charge on any atom is 0.338 e. The molecule has 2 aromatic carbocycles. The highest BCUT2D eigenvalue weighted by Crippen LogP contribution is 2.34. The average Bonchev–Trinajstić information content (AvgIpc) is 2.61.